The first kappa shape index (κ1) is 28.1. The molecular weight excluding hydrogens is 534 g/mol. The van der Waals surface area contributed by atoms with Crippen molar-refractivity contribution < 1.29 is 35.2 Å². The maximum absolute atomic E-state index is 12.8. The number of thioether (sulfide) groups is 1. The average molecular weight is 562 g/mol. The fourth-order valence-electron chi connectivity index (χ4n) is 3.85. The van der Waals surface area contributed by atoms with Crippen LogP contribution in [-0.4, -0.2) is 49.5 Å². The molecule has 1 atom stereocenters. The quantitative estimate of drug-likeness (QED) is 0.0779. The fourth-order valence-corrected chi connectivity index (χ4v) is 7.39. The minimum Gasteiger partial charge on any atom is -0.422 e. The molecule has 1 aromatic carbocycles. The molecule has 1 aliphatic rings. The highest BCUT2D eigenvalue weighted by Gasteiger charge is 2.40. The van der Waals surface area contributed by atoms with Crippen molar-refractivity contribution in [3.63, 3.8) is 0 Å². The zero-order valence-electron chi connectivity index (χ0n) is 19.3. The number of nitrogens with two attached hydrogens (primary N) is 1. The van der Waals surface area contributed by atoms with Crippen LogP contribution in [0.3, 0.4) is 0 Å². The first-order valence-electron chi connectivity index (χ1n) is 11.0. The van der Waals surface area contributed by atoms with E-state index in [0.29, 0.717) is 43.1 Å². The number of nitrogens with one attached hydrogen (secondary N) is 1. The number of hydrazine groups is 1. The topological polar surface area (TPSA) is 197 Å². The Balaban J connectivity index is 1.87. The number of amides is 1. The lowest BCUT2D eigenvalue weighted by molar-refractivity contribution is -0.121. The summed E-state index contributed by atoms with van der Waals surface area (Å²) in [6, 6.07) is 6.52. The lowest BCUT2D eigenvalue weighted by Gasteiger charge is -2.23. The highest BCUT2D eigenvalue weighted by atomic mass is 32.3. The van der Waals surface area contributed by atoms with E-state index in [4.69, 9.17) is 10.3 Å². The predicted molar refractivity (Wildman–Crippen MR) is 137 cm³/mol. The van der Waals surface area contributed by atoms with Crippen molar-refractivity contribution >= 4 is 59.5 Å². The molecule has 0 fully saturated rings. The monoisotopic (exact) mass is 561 g/mol. The molecule has 1 amide bonds. The maximum atomic E-state index is 12.8. The molecule has 0 aliphatic carbocycles. The van der Waals surface area contributed by atoms with Crippen LogP contribution in [-0.2, 0) is 25.0 Å². The summed E-state index contributed by atoms with van der Waals surface area (Å²) in [5.41, 5.74) is 1.98. The van der Waals surface area contributed by atoms with Crippen molar-refractivity contribution in [1.82, 2.24) is 5.43 Å². The number of fused-ring (bicyclic) bond motifs is 1. The third-order valence-electron chi connectivity index (χ3n) is 5.70. The molecule has 0 saturated carbocycles. The van der Waals surface area contributed by atoms with E-state index in [2.05, 4.69) is 10.3 Å². The van der Waals surface area contributed by atoms with Crippen LogP contribution in [0.5, 0.6) is 0 Å². The second kappa shape index (κ2) is 11.3. The Morgan fingerprint density at radius 3 is 2.53 bits per heavy atom. The number of rotatable bonds is 11. The number of carbonyl (C=O) groups excluding carboxylic acids is 1. The van der Waals surface area contributed by atoms with E-state index in [1.807, 2.05) is 6.92 Å². The smallest absolute Gasteiger partial charge is 0.344 e. The third-order valence-corrected chi connectivity index (χ3v) is 9.81. The van der Waals surface area contributed by atoms with Crippen molar-refractivity contribution in [3.8, 4) is 0 Å². The van der Waals surface area contributed by atoms with Crippen LogP contribution in [0, 0.1) is 0 Å². The predicted octanol–water partition coefficient (Wildman–Crippen LogP) is 2.08. The number of nitrogens with zero attached hydrogens (tertiary/aromatic N) is 1. The van der Waals surface area contributed by atoms with Gasteiger partial charge < -0.3 is 9.32 Å². The number of unbranched alkanes of at least 4 members (excludes halogenated alkanes) is 2. The van der Waals surface area contributed by atoms with Gasteiger partial charge in [0.05, 0.1) is 10.5 Å². The fraction of sp³-hybridized carbons (Fsp3) is 0.429. The van der Waals surface area contributed by atoms with Crippen LogP contribution in [0.15, 0.2) is 38.4 Å². The molecule has 1 aromatic heterocycles. The summed E-state index contributed by atoms with van der Waals surface area (Å²) in [7, 11) is -9.48. The molecule has 15 heteroatoms. The molecule has 0 radical (unpaired) electrons. The first-order valence-corrected chi connectivity index (χ1v) is 14.8. The lowest BCUT2D eigenvalue weighted by atomic mass is 10.1. The standard InChI is InChI=1S/C21H27N3O9S3/c1-2-24(9-5-3-4-6-18(25)23-22)14-8-7-13-10-15(21(26)33-16(13)11-14)20-17(35(27,28)29)12-19(34-20)36(30,31)32/h7-8,10-11,19H,2-6,9,12,22H2,1H3,(H,23,25)(H,27,28,29)(H,30,31,32). The summed E-state index contributed by atoms with van der Waals surface area (Å²) >= 11 is 0.459. The number of carbonyl (C=O) groups is 1. The third kappa shape index (κ3) is 6.66. The second-order valence-electron chi connectivity index (χ2n) is 8.12. The number of benzene rings is 1. The van der Waals surface area contributed by atoms with Gasteiger partial charge in [-0.15, -0.1) is 11.8 Å². The highest BCUT2D eigenvalue weighted by Crippen LogP contribution is 2.47. The average Bonchev–Trinajstić information content (AvgIpc) is 3.27. The summed E-state index contributed by atoms with van der Waals surface area (Å²) in [5, 5.41) is 0.454. The van der Waals surface area contributed by atoms with Gasteiger partial charge in [-0.1, -0.05) is 6.42 Å². The van der Waals surface area contributed by atoms with Gasteiger partial charge in [0, 0.05) is 48.0 Å². The van der Waals surface area contributed by atoms with Crippen LogP contribution in [0.25, 0.3) is 15.9 Å². The molecule has 5 N–H and O–H groups in total. The van der Waals surface area contributed by atoms with Crippen molar-refractivity contribution in [1.29, 1.82) is 0 Å². The maximum Gasteiger partial charge on any atom is 0.344 e. The van der Waals surface area contributed by atoms with E-state index in [9.17, 15) is 35.5 Å². The summed E-state index contributed by atoms with van der Waals surface area (Å²) < 4.78 is 69.6. The van der Waals surface area contributed by atoms with Gasteiger partial charge in [-0.2, -0.15) is 16.8 Å². The number of anilines is 1. The van der Waals surface area contributed by atoms with Gasteiger partial charge in [0.15, 0.2) is 0 Å². The Morgan fingerprint density at radius 1 is 1.19 bits per heavy atom. The Hall–Kier alpha value is -2.43. The van der Waals surface area contributed by atoms with Crippen molar-refractivity contribution in [2.45, 2.75) is 43.6 Å². The largest absolute Gasteiger partial charge is 0.422 e. The highest BCUT2D eigenvalue weighted by molar-refractivity contribution is 8.18. The van der Waals surface area contributed by atoms with E-state index in [1.54, 1.807) is 18.2 Å². The molecule has 12 nitrogen and oxygen atoms in total. The Bertz CT molecular complexity index is 1450. The second-order valence-corrected chi connectivity index (χ2v) is 12.7. The van der Waals surface area contributed by atoms with Gasteiger partial charge in [0.25, 0.3) is 20.2 Å². The van der Waals surface area contributed by atoms with Crippen LogP contribution in [0.1, 0.15) is 44.6 Å². The number of hydrogen-bond donors (Lipinski definition) is 4. The van der Waals surface area contributed by atoms with E-state index >= 15 is 0 Å². The zero-order chi connectivity index (χ0) is 26.7. The molecule has 1 unspecified atom stereocenters. The van der Waals surface area contributed by atoms with Crippen LogP contribution >= 0.6 is 11.8 Å². The van der Waals surface area contributed by atoms with Gasteiger partial charge in [0.2, 0.25) is 5.91 Å². The van der Waals surface area contributed by atoms with Gasteiger partial charge in [-0.3, -0.25) is 19.3 Å². The van der Waals surface area contributed by atoms with Gasteiger partial charge in [-0.25, -0.2) is 10.6 Å². The molecule has 2 aromatic rings. The molecule has 0 bridgehead atoms. The van der Waals surface area contributed by atoms with Crippen molar-refractivity contribution in [2.24, 2.45) is 5.84 Å². The van der Waals surface area contributed by atoms with Crippen molar-refractivity contribution in [3.05, 3.63) is 45.2 Å². The summed E-state index contributed by atoms with van der Waals surface area (Å²) in [6.45, 7) is 3.35. The minimum absolute atomic E-state index is 0.213. The van der Waals surface area contributed by atoms with Gasteiger partial charge in [-0.05, 0) is 38.0 Å². The van der Waals surface area contributed by atoms with Crippen LogP contribution in [0.2, 0.25) is 0 Å². The van der Waals surface area contributed by atoms with E-state index < -0.39 is 41.8 Å². The molecule has 1 aliphatic heterocycles. The molecule has 2 heterocycles. The Labute approximate surface area is 212 Å². The Morgan fingerprint density at radius 2 is 1.92 bits per heavy atom. The van der Waals surface area contributed by atoms with Crippen LogP contribution in [0.4, 0.5) is 5.69 Å². The molecule has 198 valence electrons. The zero-order valence-corrected chi connectivity index (χ0v) is 21.8. The van der Waals surface area contributed by atoms with Gasteiger partial charge >= 0.3 is 5.63 Å². The molecule has 0 spiro atoms. The normalized spacial score (nSPS) is 16.5. The van der Waals surface area contributed by atoms with E-state index in [0.717, 1.165) is 18.5 Å². The first-order chi connectivity index (χ1) is 16.8. The van der Waals surface area contributed by atoms with E-state index in [1.165, 1.54) is 6.07 Å². The lowest BCUT2D eigenvalue weighted by Crippen LogP contribution is -2.29. The summed E-state index contributed by atoms with van der Waals surface area (Å²) in [4.78, 5) is 25.1. The molecule has 0 saturated heterocycles. The van der Waals surface area contributed by atoms with Gasteiger partial charge in [0.1, 0.15) is 10.2 Å². The van der Waals surface area contributed by atoms with Crippen LogP contribution < -0.4 is 21.8 Å². The molecule has 36 heavy (non-hydrogen) atoms. The molecule has 3 rings (SSSR count). The number of hydrogen-bond acceptors (Lipinski definition) is 10. The number of allylic oxidation sites excluding steroid dienone is 1. The van der Waals surface area contributed by atoms with E-state index in [-0.39, 0.29) is 22.0 Å². The SMILES string of the molecule is CCN(CCCCCC(=O)NN)c1ccc2cc(C3=C(S(=O)(=O)O)CC(S(=O)(=O)O)S3)c(=O)oc2c1. The Kier molecular flexibility index (Phi) is 8.84. The summed E-state index contributed by atoms with van der Waals surface area (Å²) in [6.07, 6.45) is 2.02. The van der Waals surface area contributed by atoms with Crippen molar-refractivity contribution in [2.75, 3.05) is 18.0 Å². The molecular formula is C21H27N3O9S3. The summed E-state index contributed by atoms with van der Waals surface area (Å²) in [5.74, 6) is 4.85. The minimum atomic E-state index is -4.84.